The largest absolute Gasteiger partial charge is 0.396 e. The molecular formula is C20H31N3O2. The van der Waals surface area contributed by atoms with Crippen molar-refractivity contribution in [3.63, 3.8) is 0 Å². The van der Waals surface area contributed by atoms with Crippen molar-refractivity contribution in [2.24, 2.45) is 5.92 Å². The molecule has 3 rings (SSSR count). The molecule has 2 aliphatic rings. The van der Waals surface area contributed by atoms with Gasteiger partial charge in [0.2, 0.25) is 5.91 Å². The van der Waals surface area contributed by atoms with E-state index in [9.17, 15) is 9.90 Å². The standard InChI is InChI=1S/C20H31N3O2/c24-13-10-19-8-4-5-11-22(19)16-20(25)21-14-17-9-12-23(15-17)18-6-2-1-3-7-18/h1-3,6-7,17,19,24H,4-5,8-16H2,(H,21,25). The van der Waals surface area contributed by atoms with Crippen LogP contribution in [0.3, 0.4) is 0 Å². The van der Waals surface area contributed by atoms with E-state index in [4.69, 9.17) is 0 Å². The molecule has 138 valence electrons. The molecule has 0 radical (unpaired) electrons. The molecule has 2 saturated heterocycles. The molecule has 1 amide bonds. The number of anilines is 1. The van der Waals surface area contributed by atoms with E-state index in [1.54, 1.807) is 0 Å². The number of nitrogens with one attached hydrogen (secondary N) is 1. The molecular weight excluding hydrogens is 314 g/mol. The van der Waals surface area contributed by atoms with E-state index >= 15 is 0 Å². The second kappa shape index (κ2) is 9.20. The highest BCUT2D eigenvalue weighted by Gasteiger charge is 2.25. The number of para-hydroxylation sites is 1. The van der Waals surface area contributed by atoms with Gasteiger partial charge in [0.1, 0.15) is 0 Å². The lowest BCUT2D eigenvalue weighted by atomic mass is 9.99. The highest BCUT2D eigenvalue weighted by Crippen LogP contribution is 2.23. The average Bonchev–Trinajstić information content (AvgIpc) is 3.12. The lowest BCUT2D eigenvalue weighted by Gasteiger charge is -2.35. The van der Waals surface area contributed by atoms with E-state index in [2.05, 4.69) is 39.4 Å². The van der Waals surface area contributed by atoms with Gasteiger partial charge in [0.15, 0.2) is 0 Å². The fourth-order valence-electron chi connectivity index (χ4n) is 4.12. The lowest BCUT2D eigenvalue weighted by molar-refractivity contribution is -0.123. The Kier molecular flexibility index (Phi) is 6.70. The maximum atomic E-state index is 12.3. The molecule has 2 fully saturated rings. The second-order valence-electron chi connectivity index (χ2n) is 7.37. The normalized spacial score (nSPS) is 24.4. The predicted octanol–water partition coefficient (Wildman–Crippen LogP) is 1.87. The van der Waals surface area contributed by atoms with E-state index in [1.807, 2.05) is 6.07 Å². The van der Waals surface area contributed by atoms with E-state index in [1.165, 1.54) is 12.1 Å². The van der Waals surface area contributed by atoms with Crippen LogP contribution < -0.4 is 10.2 Å². The van der Waals surface area contributed by atoms with Crippen LogP contribution in [0.1, 0.15) is 32.1 Å². The molecule has 25 heavy (non-hydrogen) atoms. The zero-order chi connectivity index (χ0) is 17.5. The van der Waals surface area contributed by atoms with Crippen LogP contribution in [0.25, 0.3) is 0 Å². The van der Waals surface area contributed by atoms with Crippen LogP contribution in [0, 0.1) is 5.92 Å². The molecule has 2 heterocycles. The number of carbonyl (C=O) groups is 1. The van der Waals surface area contributed by atoms with Crippen molar-refractivity contribution in [3.05, 3.63) is 30.3 Å². The van der Waals surface area contributed by atoms with Crippen molar-refractivity contribution in [1.82, 2.24) is 10.2 Å². The first-order valence-electron chi connectivity index (χ1n) is 9.68. The maximum Gasteiger partial charge on any atom is 0.234 e. The molecule has 2 N–H and O–H groups in total. The molecule has 0 aromatic heterocycles. The first-order chi connectivity index (χ1) is 12.3. The molecule has 2 unspecified atom stereocenters. The van der Waals surface area contributed by atoms with Crippen molar-refractivity contribution in [2.75, 3.05) is 44.2 Å². The number of piperidine rings is 1. The van der Waals surface area contributed by atoms with Gasteiger partial charge in [-0.15, -0.1) is 0 Å². The highest BCUT2D eigenvalue weighted by atomic mass is 16.3. The number of rotatable bonds is 7. The summed E-state index contributed by atoms with van der Waals surface area (Å²) in [5.74, 6) is 0.654. The molecule has 0 bridgehead atoms. The van der Waals surface area contributed by atoms with E-state index < -0.39 is 0 Å². The Morgan fingerprint density at radius 1 is 1.16 bits per heavy atom. The van der Waals surface area contributed by atoms with Gasteiger partial charge in [-0.2, -0.15) is 0 Å². The fraction of sp³-hybridized carbons (Fsp3) is 0.650. The van der Waals surface area contributed by atoms with E-state index in [0.717, 1.165) is 51.9 Å². The van der Waals surface area contributed by atoms with Crippen LogP contribution in [0.5, 0.6) is 0 Å². The Hall–Kier alpha value is -1.59. The molecule has 0 aliphatic carbocycles. The van der Waals surface area contributed by atoms with Gasteiger partial charge in [-0.05, 0) is 50.3 Å². The Labute approximate surface area is 151 Å². The number of aliphatic hydroxyl groups is 1. The minimum atomic E-state index is 0.128. The van der Waals surface area contributed by atoms with Crippen LogP contribution in [-0.4, -0.2) is 61.3 Å². The van der Waals surface area contributed by atoms with Gasteiger partial charge in [-0.25, -0.2) is 0 Å². The van der Waals surface area contributed by atoms with Crippen molar-refractivity contribution >= 4 is 11.6 Å². The summed E-state index contributed by atoms with van der Waals surface area (Å²) < 4.78 is 0. The lowest BCUT2D eigenvalue weighted by Crippen LogP contribution is -2.46. The fourth-order valence-corrected chi connectivity index (χ4v) is 4.12. The molecule has 5 nitrogen and oxygen atoms in total. The van der Waals surface area contributed by atoms with Crippen LogP contribution in [-0.2, 0) is 4.79 Å². The van der Waals surface area contributed by atoms with Crippen molar-refractivity contribution in [3.8, 4) is 0 Å². The van der Waals surface area contributed by atoms with Gasteiger partial charge in [0.25, 0.3) is 0 Å². The first kappa shape index (κ1) is 18.2. The van der Waals surface area contributed by atoms with Crippen molar-refractivity contribution in [2.45, 2.75) is 38.1 Å². The Morgan fingerprint density at radius 2 is 2.00 bits per heavy atom. The van der Waals surface area contributed by atoms with Gasteiger partial charge >= 0.3 is 0 Å². The van der Waals surface area contributed by atoms with Crippen LogP contribution in [0.2, 0.25) is 0 Å². The van der Waals surface area contributed by atoms with E-state index in [-0.39, 0.29) is 12.5 Å². The molecule has 5 heteroatoms. The molecule has 1 aromatic rings. The van der Waals surface area contributed by atoms with Gasteiger partial charge in [-0.3, -0.25) is 9.69 Å². The monoisotopic (exact) mass is 345 g/mol. The second-order valence-corrected chi connectivity index (χ2v) is 7.37. The van der Waals surface area contributed by atoms with Gasteiger partial charge in [0.05, 0.1) is 6.54 Å². The summed E-state index contributed by atoms with van der Waals surface area (Å²) in [5.41, 5.74) is 1.27. The number of hydrogen-bond donors (Lipinski definition) is 2. The third kappa shape index (κ3) is 5.19. The van der Waals surface area contributed by atoms with Gasteiger partial charge in [0, 0.05) is 38.0 Å². The molecule has 2 atom stereocenters. The zero-order valence-electron chi connectivity index (χ0n) is 15.1. The quantitative estimate of drug-likeness (QED) is 0.792. The van der Waals surface area contributed by atoms with Crippen LogP contribution in [0.15, 0.2) is 30.3 Å². The van der Waals surface area contributed by atoms with Crippen LogP contribution >= 0.6 is 0 Å². The summed E-state index contributed by atoms with van der Waals surface area (Å²) in [7, 11) is 0. The first-order valence-corrected chi connectivity index (χ1v) is 9.68. The Bertz CT molecular complexity index is 535. The number of aliphatic hydroxyl groups excluding tert-OH is 1. The summed E-state index contributed by atoms with van der Waals surface area (Å²) in [4.78, 5) is 17.0. The summed E-state index contributed by atoms with van der Waals surface area (Å²) in [6, 6.07) is 10.9. The number of amides is 1. The Balaban J connectivity index is 1.40. The number of likely N-dealkylation sites (tertiary alicyclic amines) is 1. The summed E-state index contributed by atoms with van der Waals surface area (Å²) in [5, 5.41) is 12.3. The summed E-state index contributed by atoms with van der Waals surface area (Å²) in [6.07, 6.45) is 5.38. The smallest absolute Gasteiger partial charge is 0.234 e. The van der Waals surface area contributed by atoms with Gasteiger partial charge in [-0.1, -0.05) is 24.6 Å². The summed E-state index contributed by atoms with van der Waals surface area (Å²) in [6.45, 7) is 4.50. The van der Waals surface area contributed by atoms with Gasteiger partial charge < -0.3 is 15.3 Å². The molecule has 0 saturated carbocycles. The minimum Gasteiger partial charge on any atom is -0.396 e. The van der Waals surface area contributed by atoms with Crippen molar-refractivity contribution in [1.29, 1.82) is 0 Å². The number of carbonyl (C=O) groups excluding carboxylic acids is 1. The average molecular weight is 345 g/mol. The molecule has 1 aromatic carbocycles. The minimum absolute atomic E-state index is 0.128. The zero-order valence-corrected chi connectivity index (χ0v) is 15.1. The molecule has 0 spiro atoms. The predicted molar refractivity (Wildman–Crippen MR) is 101 cm³/mol. The maximum absolute atomic E-state index is 12.3. The van der Waals surface area contributed by atoms with E-state index in [0.29, 0.717) is 18.5 Å². The highest BCUT2D eigenvalue weighted by molar-refractivity contribution is 5.78. The third-order valence-corrected chi connectivity index (χ3v) is 5.55. The molecule has 2 aliphatic heterocycles. The number of benzene rings is 1. The van der Waals surface area contributed by atoms with Crippen molar-refractivity contribution < 1.29 is 9.90 Å². The van der Waals surface area contributed by atoms with Crippen LogP contribution in [0.4, 0.5) is 5.69 Å². The number of nitrogens with zero attached hydrogens (tertiary/aromatic N) is 2. The Morgan fingerprint density at radius 3 is 2.80 bits per heavy atom. The number of hydrogen-bond acceptors (Lipinski definition) is 4. The summed E-state index contributed by atoms with van der Waals surface area (Å²) >= 11 is 0. The third-order valence-electron chi connectivity index (χ3n) is 5.55. The topological polar surface area (TPSA) is 55.8 Å². The SMILES string of the molecule is O=C(CN1CCCCC1CCO)NCC1CCN(c2ccccc2)C1.